The molecular formula is C13H23N7O. The lowest BCUT2D eigenvalue weighted by molar-refractivity contribution is 0.141. The minimum atomic E-state index is 0.298. The molecule has 8 heteroatoms. The minimum absolute atomic E-state index is 0.298. The van der Waals surface area contributed by atoms with E-state index in [1.165, 1.54) is 0 Å². The Morgan fingerprint density at radius 3 is 2.62 bits per heavy atom. The SMILES string of the molecule is CC(C)N(CCOc1nc(NN)nc2[nH]ncc12)C(C)C. The fourth-order valence-corrected chi connectivity index (χ4v) is 2.34. The van der Waals surface area contributed by atoms with E-state index in [0.717, 1.165) is 11.9 Å². The third-order valence-corrected chi connectivity index (χ3v) is 3.32. The number of fused-ring (bicyclic) bond motifs is 1. The summed E-state index contributed by atoms with van der Waals surface area (Å²) >= 11 is 0. The Kier molecular flexibility index (Phi) is 4.92. The minimum Gasteiger partial charge on any atom is -0.476 e. The van der Waals surface area contributed by atoms with E-state index in [2.05, 4.69) is 58.2 Å². The van der Waals surface area contributed by atoms with Gasteiger partial charge in [0.1, 0.15) is 12.0 Å². The quantitative estimate of drug-likeness (QED) is 0.519. The van der Waals surface area contributed by atoms with Crippen molar-refractivity contribution in [2.24, 2.45) is 5.84 Å². The summed E-state index contributed by atoms with van der Waals surface area (Å²) < 4.78 is 5.80. The number of nitrogens with two attached hydrogens (primary N) is 1. The lowest BCUT2D eigenvalue weighted by atomic mass is 10.2. The molecule has 0 aliphatic carbocycles. The van der Waals surface area contributed by atoms with Crippen LogP contribution in [-0.2, 0) is 0 Å². The summed E-state index contributed by atoms with van der Waals surface area (Å²) in [4.78, 5) is 10.7. The van der Waals surface area contributed by atoms with Gasteiger partial charge in [-0.2, -0.15) is 15.1 Å². The highest BCUT2D eigenvalue weighted by molar-refractivity contribution is 5.80. The number of hydrazine groups is 1. The van der Waals surface area contributed by atoms with Crippen LogP contribution in [0.25, 0.3) is 11.0 Å². The van der Waals surface area contributed by atoms with Crippen molar-refractivity contribution in [2.75, 3.05) is 18.6 Å². The number of rotatable bonds is 7. The van der Waals surface area contributed by atoms with Crippen molar-refractivity contribution in [2.45, 2.75) is 39.8 Å². The van der Waals surface area contributed by atoms with Gasteiger partial charge in [0.25, 0.3) is 0 Å². The van der Waals surface area contributed by atoms with Gasteiger partial charge in [-0.05, 0) is 27.7 Å². The van der Waals surface area contributed by atoms with E-state index in [-0.39, 0.29) is 0 Å². The predicted molar refractivity (Wildman–Crippen MR) is 82.0 cm³/mol. The Labute approximate surface area is 124 Å². The second-order valence-corrected chi connectivity index (χ2v) is 5.40. The topological polar surface area (TPSA) is 105 Å². The summed E-state index contributed by atoms with van der Waals surface area (Å²) in [7, 11) is 0. The Bertz CT molecular complexity index is 573. The lowest BCUT2D eigenvalue weighted by Crippen LogP contribution is -2.39. The Morgan fingerprint density at radius 1 is 1.29 bits per heavy atom. The van der Waals surface area contributed by atoms with Crippen molar-refractivity contribution in [1.29, 1.82) is 0 Å². The van der Waals surface area contributed by atoms with Gasteiger partial charge in [-0.3, -0.25) is 15.4 Å². The number of ether oxygens (including phenoxy) is 1. The van der Waals surface area contributed by atoms with Crippen molar-refractivity contribution < 1.29 is 4.74 Å². The highest BCUT2D eigenvalue weighted by atomic mass is 16.5. The average molecular weight is 293 g/mol. The maximum Gasteiger partial charge on any atom is 0.242 e. The number of nitrogens with one attached hydrogen (secondary N) is 2. The zero-order valence-electron chi connectivity index (χ0n) is 12.9. The molecule has 2 rings (SSSR count). The molecule has 0 fully saturated rings. The molecule has 0 atom stereocenters. The van der Waals surface area contributed by atoms with Crippen LogP contribution in [0.5, 0.6) is 5.88 Å². The van der Waals surface area contributed by atoms with Gasteiger partial charge < -0.3 is 4.74 Å². The van der Waals surface area contributed by atoms with Gasteiger partial charge in [0, 0.05) is 18.6 Å². The van der Waals surface area contributed by atoms with Gasteiger partial charge in [0.15, 0.2) is 5.65 Å². The summed E-state index contributed by atoms with van der Waals surface area (Å²) in [6, 6.07) is 0.934. The molecule has 21 heavy (non-hydrogen) atoms. The number of nitrogens with zero attached hydrogens (tertiary/aromatic N) is 4. The maximum absolute atomic E-state index is 5.80. The number of nitrogen functional groups attached to an aromatic ring is 1. The Morgan fingerprint density at radius 2 is 2.00 bits per heavy atom. The first-order valence-corrected chi connectivity index (χ1v) is 7.09. The highest BCUT2D eigenvalue weighted by Gasteiger charge is 2.14. The molecule has 0 saturated heterocycles. The molecule has 2 aromatic rings. The number of anilines is 1. The number of aromatic amines is 1. The smallest absolute Gasteiger partial charge is 0.242 e. The molecule has 0 aliphatic rings. The van der Waals surface area contributed by atoms with Crippen LogP contribution in [0.1, 0.15) is 27.7 Å². The second kappa shape index (κ2) is 6.68. The highest BCUT2D eigenvalue weighted by Crippen LogP contribution is 2.21. The molecule has 0 radical (unpaired) electrons. The van der Waals surface area contributed by atoms with Gasteiger partial charge >= 0.3 is 0 Å². The summed E-state index contributed by atoms with van der Waals surface area (Å²) in [5.41, 5.74) is 3.02. The first-order valence-electron chi connectivity index (χ1n) is 7.09. The molecule has 4 N–H and O–H groups in total. The van der Waals surface area contributed by atoms with Crippen LogP contribution in [0, 0.1) is 0 Å². The van der Waals surface area contributed by atoms with E-state index < -0.39 is 0 Å². The van der Waals surface area contributed by atoms with Gasteiger partial charge in [0.2, 0.25) is 11.8 Å². The van der Waals surface area contributed by atoms with E-state index in [4.69, 9.17) is 10.6 Å². The molecule has 2 heterocycles. The van der Waals surface area contributed by atoms with E-state index in [1.54, 1.807) is 6.20 Å². The lowest BCUT2D eigenvalue weighted by Gasteiger charge is -2.30. The molecule has 0 spiro atoms. The van der Waals surface area contributed by atoms with Gasteiger partial charge in [-0.1, -0.05) is 0 Å². The van der Waals surface area contributed by atoms with Crippen molar-refractivity contribution in [1.82, 2.24) is 25.1 Å². The molecule has 116 valence electrons. The van der Waals surface area contributed by atoms with Gasteiger partial charge in [0.05, 0.1) is 6.20 Å². The summed E-state index contributed by atoms with van der Waals surface area (Å²) in [6.07, 6.45) is 1.65. The first kappa shape index (κ1) is 15.5. The molecular weight excluding hydrogens is 270 g/mol. The van der Waals surface area contributed by atoms with E-state index >= 15 is 0 Å². The van der Waals surface area contributed by atoms with E-state index in [0.29, 0.717) is 36.2 Å². The third kappa shape index (κ3) is 3.59. The monoisotopic (exact) mass is 293 g/mol. The van der Waals surface area contributed by atoms with Crippen LogP contribution in [-0.4, -0.2) is 50.3 Å². The van der Waals surface area contributed by atoms with Crippen LogP contribution in [0.4, 0.5) is 5.95 Å². The van der Waals surface area contributed by atoms with Crippen LogP contribution >= 0.6 is 0 Å². The Hall–Kier alpha value is -1.93. The summed E-state index contributed by atoms with van der Waals surface area (Å²) in [5.74, 6) is 6.14. The van der Waals surface area contributed by atoms with Crippen molar-refractivity contribution >= 4 is 17.0 Å². The first-order chi connectivity index (χ1) is 10.0. The molecule has 0 unspecified atom stereocenters. The molecule has 2 aromatic heterocycles. The molecule has 8 nitrogen and oxygen atoms in total. The normalized spacial score (nSPS) is 11.8. The zero-order valence-corrected chi connectivity index (χ0v) is 12.9. The maximum atomic E-state index is 5.80. The van der Waals surface area contributed by atoms with Crippen LogP contribution in [0.3, 0.4) is 0 Å². The van der Waals surface area contributed by atoms with Crippen LogP contribution < -0.4 is 16.0 Å². The molecule has 0 aromatic carbocycles. The standard InChI is InChI=1S/C13H23N7O/c1-8(2)20(9(3)4)5-6-21-12-10-7-15-19-11(10)16-13(17-12)18-14/h7-9H,5-6,14H2,1-4H3,(H2,15,16,17,18,19). The fourth-order valence-electron chi connectivity index (χ4n) is 2.34. The summed E-state index contributed by atoms with van der Waals surface area (Å²) in [6.45, 7) is 10.1. The molecule has 0 aliphatic heterocycles. The molecule has 0 amide bonds. The number of hydrogen-bond donors (Lipinski definition) is 3. The fraction of sp³-hybridized carbons (Fsp3) is 0.615. The largest absolute Gasteiger partial charge is 0.476 e. The van der Waals surface area contributed by atoms with Gasteiger partial charge in [-0.15, -0.1) is 0 Å². The molecule has 0 saturated carbocycles. The number of hydrogen-bond acceptors (Lipinski definition) is 7. The number of aromatic nitrogens is 4. The molecule has 0 bridgehead atoms. The average Bonchev–Trinajstić information content (AvgIpc) is 2.90. The van der Waals surface area contributed by atoms with Crippen LogP contribution in [0.15, 0.2) is 6.20 Å². The van der Waals surface area contributed by atoms with Crippen molar-refractivity contribution in [3.8, 4) is 5.88 Å². The second-order valence-electron chi connectivity index (χ2n) is 5.40. The Balaban J connectivity index is 2.07. The van der Waals surface area contributed by atoms with Crippen molar-refractivity contribution in [3.63, 3.8) is 0 Å². The predicted octanol–water partition coefficient (Wildman–Crippen LogP) is 1.14. The van der Waals surface area contributed by atoms with E-state index in [1.807, 2.05) is 0 Å². The third-order valence-electron chi connectivity index (χ3n) is 3.32. The number of H-pyrrole nitrogens is 1. The van der Waals surface area contributed by atoms with E-state index in [9.17, 15) is 0 Å². The van der Waals surface area contributed by atoms with Crippen LogP contribution in [0.2, 0.25) is 0 Å². The summed E-state index contributed by atoms with van der Waals surface area (Å²) in [5, 5.41) is 7.48. The van der Waals surface area contributed by atoms with Gasteiger partial charge in [-0.25, -0.2) is 5.84 Å². The van der Waals surface area contributed by atoms with Crippen molar-refractivity contribution in [3.05, 3.63) is 6.20 Å². The zero-order chi connectivity index (χ0) is 15.4.